The number of hydrogen-bond donors (Lipinski definition) is 0. The summed E-state index contributed by atoms with van der Waals surface area (Å²) < 4.78 is 1.65. The summed E-state index contributed by atoms with van der Waals surface area (Å²) in [6.45, 7) is 5.52. The zero-order chi connectivity index (χ0) is 14.1. The molecular weight excluding hydrogens is 252 g/mol. The van der Waals surface area contributed by atoms with Gasteiger partial charge >= 0.3 is 0 Å². The Hall–Kier alpha value is -1.75. The molecule has 1 unspecified atom stereocenters. The minimum atomic E-state index is 0.267. The Morgan fingerprint density at radius 2 is 2.20 bits per heavy atom. The molecule has 2 aromatic rings. The molecule has 0 N–H and O–H groups in total. The number of pyridine rings is 1. The summed E-state index contributed by atoms with van der Waals surface area (Å²) in [5.74, 6) is 0.840. The molecule has 0 amide bonds. The largest absolute Gasteiger partial charge is 0.296 e. The predicted molar refractivity (Wildman–Crippen MR) is 76.8 cm³/mol. The maximum absolute atomic E-state index is 11.1. The molecule has 1 aliphatic heterocycles. The molecule has 0 saturated carbocycles. The van der Waals surface area contributed by atoms with Crippen molar-refractivity contribution in [2.75, 3.05) is 6.54 Å². The average molecular weight is 272 g/mol. The third kappa shape index (κ3) is 2.22. The smallest absolute Gasteiger partial charge is 0.168 e. The van der Waals surface area contributed by atoms with Crippen molar-refractivity contribution < 1.29 is 4.79 Å². The summed E-state index contributed by atoms with van der Waals surface area (Å²) in [6, 6.07) is 6.25. The van der Waals surface area contributed by atoms with Crippen LogP contribution in [0.25, 0.3) is 5.65 Å². The van der Waals surface area contributed by atoms with E-state index in [-0.39, 0.29) is 6.04 Å². The molecule has 106 valence electrons. The molecule has 0 spiro atoms. The van der Waals surface area contributed by atoms with Gasteiger partial charge in [-0.2, -0.15) is 0 Å². The molecule has 0 bridgehead atoms. The summed E-state index contributed by atoms with van der Waals surface area (Å²) in [7, 11) is 0. The van der Waals surface area contributed by atoms with Gasteiger partial charge in [-0.1, -0.05) is 12.5 Å². The van der Waals surface area contributed by atoms with Crippen molar-refractivity contribution in [1.82, 2.24) is 19.5 Å². The van der Waals surface area contributed by atoms with Crippen LogP contribution in [-0.4, -0.2) is 38.4 Å². The number of carbonyl (C=O) groups excluding carboxylic acids is 1. The van der Waals surface area contributed by atoms with Crippen molar-refractivity contribution in [1.29, 1.82) is 0 Å². The van der Waals surface area contributed by atoms with Crippen LogP contribution in [-0.2, 0) is 0 Å². The summed E-state index contributed by atoms with van der Waals surface area (Å²) in [5, 5.41) is 4.57. The number of piperidine rings is 1. The van der Waals surface area contributed by atoms with E-state index < -0.39 is 0 Å². The molecule has 2 aromatic heterocycles. The Balaban J connectivity index is 2.02. The van der Waals surface area contributed by atoms with Crippen LogP contribution in [0.4, 0.5) is 0 Å². The number of carbonyl (C=O) groups is 1. The summed E-state index contributed by atoms with van der Waals surface area (Å²) in [6.07, 6.45) is 4.36. The maximum Gasteiger partial charge on any atom is 0.168 e. The lowest BCUT2D eigenvalue weighted by Gasteiger charge is -2.36. The van der Waals surface area contributed by atoms with Crippen molar-refractivity contribution in [3.63, 3.8) is 0 Å². The molecule has 1 atom stereocenters. The molecule has 20 heavy (non-hydrogen) atoms. The highest BCUT2D eigenvalue weighted by Gasteiger charge is 2.29. The number of hydrogen-bond acceptors (Lipinski definition) is 4. The maximum atomic E-state index is 11.1. The van der Waals surface area contributed by atoms with Crippen molar-refractivity contribution >= 4 is 11.9 Å². The molecule has 1 fully saturated rings. The Kier molecular flexibility index (Phi) is 3.53. The Morgan fingerprint density at radius 1 is 1.35 bits per heavy atom. The first kappa shape index (κ1) is 13.2. The number of fused-ring (bicyclic) bond motifs is 1. The zero-order valence-electron chi connectivity index (χ0n) is 12.0. The number of likely N-dealkylation sites (tertiary alicyclic amines) is 1. The van der Waals surface area contributed by atoms with Gasteiger partial charge in [0.25, 0.3) is 0 Å². The van der Waals surface area contributed by atoms with Gasteiger partial charge in [-0.15, -0.1) is 5.10 Å². The average Bonchev–Trinajstić information content (AvgIpc) is 2.90. The standard InChI is InChI=1S/C15H20N4O/c1-11(2)18-9-4-3-7-13(18)15-16-14-8-5-6-12(10-20)19(14)17-15/h5-6,8,10-11,13H,3-4,7,9H2,1-2H3. The second kappa shape index (κ2) is 5.32. The van der Waals surface area contributed by atoms with Crippen LogP contribution in [0, 0.1) is 0 Å². The third-order valence-corrected chi connectivity index (χ3v) is 4.03. The van der Waals surface area contributed by atoms with E-state index in [1.165, 1.54) is 12.8 Å². The fraction of sp³-hybridized carbons (Fsp3) is 0.533. The van der Waals surface area contributed by atoms with Gasteiger partial charge < -0.3 is 0 Å². The molecule has 0 aliphatic carbocycles. The fourth-order valence-electron chi connectivity index (χ4n) is 3.02. The normalized spacial score (nSPS) is 20.6. The van der Waals surface area contributed by atoms with E-state index in [0.717, 1.165) is 30.7 Å². The van der Waals surface area contributed by atoms with Crippen LogP contribution in [0.1, 0.15) is 55.5 Å². The first-order valence-electron chi connectivity index (χ1n) is 7.27. The molecular formula is C15H20N4O. The van der Waals surface area contributed by atoms with Gasteiger partial charge in [-0.05, 0) is 45.4 Å². The van der Waals surface area contributed by atoms with Gasteiger partial charge in [0.05, 0.1) is 6.04 Å². The van der Waals surface area contributed by atoms with Gasteiger partial charge in [0.2, 0.25) is 0 Å². The van der Waals surface area contributed by atoms with Crippen molar-refractivity contribution in [2.45, 2.75) is 45.2 Å². The van der Waals surface area contributed by atoms with Crippen LogP contribution in [0.5, 0.6) is 0 Å². The number of aldehydes is 1. The van der Waals surface area contributed by atoms with E-state index in [2.05, 4.69) is 28.8 Å². The Labute approximate surface area is 118 Å². The van der Waals surface area contributed by atoms with E-state index in [4.69, 9.17) is 0 Å². The highest BCUT2D eigenvalue weighted by atomic mass is 16.1. The van der Waals surface area contributed by atoms with Gasteiger partial charge in [0, 0.05) is 6.04 Å². The highest BCUT2D eigenvalue weighted by molar-refractivity contribution is 5.73. The topological polar surface area (TPSA) is 50.5 Å². The van der Waals surface area contributed by atoms with Crippen LogP contribution >= 0.6 is 0 Å². The first-order chi connectivity index (χ1) is 9.70. The molecule has 3 heterocycles. The lowest BCUT2D eigenvalue weighted by molar-refractivity contribution is 0.106. The van der Waals surface area contributed by atoms with Gasteiger partial charge in [0.15, 0.2) is 17.8 Å². The zero-order valence-corrected chi connectivity index (χ0v) is 12.0. The van der Waals surface area contributed by atoms with Crippen LogP contribution in [0.3, 0.4) is 0 Å². The Morgan fingerprint density at radius 3 is 2.95 bits per heavy atom. The molecule has 1 aliphatic rings. The lowest BCUT2D eigenvalue weighted by atomic mass is 10.00. The van der Waals surface area contributed by atoms with Gasteiger partial charge in [0.1, 0.15) is 5.69 Å². The Bertz CT molecular complexity index is 619. The van der Waals surface area contributed by atoms with Crippen LogP contribution in [0.2, 0.25) is 0 Å². The molecule has 5 nitrogen and oxygen atoms in total. The van der Waals surface area contributed by atoms with E-state index >= 15 is 0 Å². The number of aromatic nitrogens is 3. The van der Waals surface area contributed by atoms with Crippen LogP contribution < -0.4 is 0 Å². The van der Waals surface area contributed by atoms with E-state index in [9.17, 15) is 4.79 Å². The molecule has 3 rings (SSSR count). The van der Waals surface area contributed by atoms with Crippen molar-refractivity contribution in [2.24, 2.45) is 0 Å². The highest BCUT2D eigenvalue weighted by Crippen LogP contribution is 2.30. The van der Waals surface area contributed by atoms with Gasteiger partial charge in [-0.3, -0.25) is 9.69 Å². The molecule has 1 saturated heterocycles. The minimum absolute atomic E-state index is 0.267. The van der Waals surface area contributed by atoms with Crippen molar-refractivity contribution in [3.05, 3.63) is 29.7 Å². The third-order valence-electron chi connectivity index (χ3n) is 4.03. The second-order valence-corrected chi connectivity index (χ2v) is 5.65. The summed E-state index contributed by atoms with van der Waals surface area (Å²) in [5.41, 5.74) is 1.30. The summed E-state index contributed by atoms with van der Waals surface area (Å²) >= 11 is 0. The van der Waals surface area contributed by atoms with E-state index in [1.54, 1.807) is 10.6 Å². The second-order valence-electron chi connectivity index (χ2n) is 5.65. The molecule has 0 radical (unpaired) electrons. The fourth-order valence-corrected chi connectivity index (χ4v) is 3.02. The first-order valence-corrected chi connectivity index (χ1v) is 7.27. The SMILES string of the molecule is CC(C)N1CCCCC1c1nc2cccc(C=O)n2n1. The number of nitrogens with zero attached hydrogens (tertiary/aromatic N) is 4. The van der Waals surface area contributed by atoms with E-state index in [0.29, 0.717) is 11.7 Å². The quantitative estimate of drug-likeness (QED) is 0.805. The monoisotopic (exact) mass is 272 g/mol. The minimum Gasteiger partial charge on any atom is -0.296 e. The predicted octanol–water partition coefficient (Wildman–Crippen LogP) is 2.48. The molecule has 5 heteroatoms. The molecule has 0 aromatic carbocycles. The van der Waals surface area contributed by atoms with Crippen LogP contribution in [0.15, 0.2) is 18.2 Å². The van der Waals surface area contributed by atoms with Gasteiger partial charge in [-0.25, -0.2) is 9.50 Å². The number of rotatable bonds is 3. The van der Waals surface area contributed by atoms with E-state index in [1.807, 2.05) is 12.1 Å². The lowest BCUT2D eigenvalue weighted by Crippen LogP contribution is -2.39. The summed E-state index contributed by atoms with van der Waals surface area (Å²) in [4.78, 5) is 18.2. The van der Waals surface area contributed by atoms with Crippen molar-refractivity contribution in [3.8, 4) is 0 Å².